The minimum Gasteiger partial charge on any atom is -0.298 e. The molecule has 26 heavy (non-hydrogen) atoms. The molecular formula is C16H15F2N3O3S2. The summed E-state index contributed by atoms with van der Waals surface area (Å²) in [6, 6.07) is 2.89. The molecule has 1 saturated carbocycles. The van der Waals surface area contributed by atoms with Crippen LogP contribution in [0.2, 0.25) is 0 Å². The lowest BCUT2D eigenvalue weighted by Gasteiger charge is -2.25. The molecule has 1 aromatic carbocycles. The molecule has 1 aliphatic heterocycles. The molecule has 1 aromatic heterocycles. The molecule has 1 aliphatic carbocycles. The third-order valence-corrected chi connectivity index (χ3v) is 7.75. The molecule has 0 spiro atoms. The molecule has 0 bridgehead atoms. The quantitative estimate of drug-likeness (QED) is 0.857. The summed E-state index contributed by atoms with van der Waals surface area (Å²) in [7, 11) is -3.25. The van der Waals surface area contributed by atoms with Crippen molar-refractivity contribution in [3.63, 3.8) is 0 Å². The zero-order valence-corrected chi connectivity index (χ0v) is 15.2. The first-order chi connectivity index (χ1) is 12.3. The molecule has 6 nitrogen and oxygen atoms in total. The molecule has 138 valence electrons. The summed E-state index contributed by atoms with van der Waals surface area (Å²) in [4.78, 5) is 17.3. The summed E-state index contributed by atoms with van der Waals surface area (Å²) in [6.45, 7) is 0.638. The van der Waals surface area contributed by atoms with E-state index in [0.717, 1.165) is 22.7 Å². The van der Waals surface area contributed by atoms with Gasteiger partial charge in [-0.25, -0.2) is 22.2 Å². The largest absolute Gasteiger partial charge is 0.298 e. The highest BCUT2D eigenvalue weighted by atomic mass is 32.2. The molecule has 1 fully saturated rings. The normalized spacial score (nSPS) is 17.8. The SMILES string of the molecule is O=C(Nc1nc2c(s1)CN(S(=O)(=O)C1CC1)CC2)c1ccc(F)c(F)c1. The maximum Gasteiger partial charge on any atom is 0.257 e. The van der Waals surface area contributed by atoms with E-state index in [0.29, 0.717) is 30.9 Å². The number of hydrogen-bond acceptors (Lipinski definition) is 5. The molecule has 1 amide bonds. The molecule has 2 aromatic rings. The first-order valence-electron chi connectivity index (χ1n) is 8.08. The molecular weight excluding hydrogens is 384 g/mol. The zero-order chi connectivity index (χ0) is 18.5. The summed E-state index contributed by atoms with van der Waals surface area (Å²) < 4.78 is 52.4. The van der Waals surface area contributed by atoms with Gasteiger partial charge in [-0.1, -0.05) is 0 Å². The number of halogens is 2. The molecule has 0 unspecified atom stereocenters. The Labute approximate surface area is 152 Å². The Morgan fingerprint density at radius 3 is 2.73 bits per heavy atom. The number of rotatable bonds is 4. The standard InChI is InChI=1S/C16H15F2N3O3S2/c17-11-4-1-9(7-12(11)18)15(22)20-16-19-13-5-6-21(8-14(13)25-16)26(23,24)10-2-3-10/h1,4,7,10H,2-3,5-6,8H2,(H,19,20,22). The van der Waals surface area contributed by atoms with Gasteiger partial charge in [0.25, 0.3) is 5.91 Å². The monoisotopic (exact) mass is 399 g/mol. The van der Waals surface area contributed by atoms with Crippen molar-refractivity contribution in [1.82, 2.24) is 9.29 Å². The van der Waals surface area contributed by atoms with Crippen LogP contribution in [0, 0.1) is 11.6 Å². The van der Waals surface area contributed by atoms with Crippen LogP contribution in [0.1, 0.15) is 33.8 Å². The fourth-order valence-electron chi connectivity index (χ4n) is 2.83. The van der Waals surface area contributed by atoms with E-state index in [1.54, 1.807) is 0 Å². The van der Waals surface area contributed by atoms with Crippen LogP contribution in [0.15, 0.2) is 18.2 Å². The second-order valence-corrected chi connectivity index (χ2v) is 9.60. The van der Waals surface area contributed by atoms with Gasteiger partial charge in [0.15, 0.2) is 16.8 Å². The van der Waals surface area contributed by atoms with Crippen LogP contribution >= 0.6 is 11.3 Å². The lowest BCUT2D eigenvalue weighted by Crippen LogP contribution is -2.37. The summed E-state index contributed by atoms with van der Waals surface area (Å²) in [5, 5.41) is 2.62. The molecule has 0 radical (unpaired) electrons. The van der Waals surface area contributed by atoms with E-state index >= 15 is 0 Å². The Morgan fingerprint density at radius 2 is 2.04 bits per heavy atom. The first-order valence-corrected chi connectivity index (χ1v) is 10.4. The van der Waals surface area contributed by atoms with E-state index in [9.17, 15) is 22.0 Å². The van der Waals surface area contributed by atoms with Crippen molar-refractivity contribution >= 4 is 32.4 Å². The van der Waals surface area contributed by atoms with Crippen LogP contribution in [-0.2, 0) is 23.0 Å². The zero-order valence-electron chi connectivity index (χ0n) is 13.5. The van der Waals surface area contributed by atoms with Crippen LogP contribution < -0.4 is 5.32 Å². The predicted molar refractivity (Wildman–Crippen MR) is 92.5 cm³/mol. The van der Waals surface area contributed by atoms with Crippen LogP contribution in [0.25, 0.3) is 0 Å². The second kappa shape index (κ2) is 6.36. The maximum absolute atomic E-state index is 13.3. The smallest absolute Gasteiger partial charge is 0.257 e. The summed E-state index contributed by atoms with van der Waals surface area (Å²) >= 11 is 1.20. The average Bonchev–Trinajstić information content (AvgIpc) is 3.38. The van der Waals surface area contributed by atoms with Crippen LogP contribution in [0.4, 0.5) is 13.9 Å². The molecule has 0 saturated heterocycles. The van der Waals surface area contributed by atoms with Crippen molar-refractivity contribution in [2.24, 2.45) is 0 Å². The third-order valence-electron chi connectivity index (χ3n) is 4.40. The van der Waals surface area contributed by atoms with Gasteiger partial charge >= 0.3 is 0 Å². The summed E-state index contributed by atoms with van der Waals surface area (Å²) in [5.74, 6) is -2.72. The van der Waals surface area contributed by atoms with Crippen molar-refractivity contribution in [3.8, 4) is 0 Å². The van der Waals surface area contributed by atoms with Gasteiger partial charge in [-0.05, 0) is 31.0 Å². The van der Waals surface area contributed by atoms with E-state index in [2.05, 4.69) is 10.3 Å². The van der Waals surface area contributed by atoms with Gasteiger partial charge in [-0.15, -0.1) is 11.3 Å². The molecule has 1 N–H and O–H groups in total. The Balaban J connectivity index is 1.49. The van der Waals surface area contributed by atoms with Gasteiger partial charge < -0.3 is 0 Å². The van der Waals surface area contributed by atoms with Crippen molar-refractivity contribution in [2.45, 2.75) is 31.1 Å². The number of amides is 1. The number of aromatic nitrogens is 1. The van der Waals surface area contributed by atoms with E-state index in [4.69, 9.17) is 0 Å². The summed E-state index contributed by atoms with van der Waals surface area (Å²) in [5.41, 5.74) is 0.743. The molecule has 4 rings (SSSR count). The van der Waals surface area contributed by atoms with Crippen molar-refractivity contribution in [2.75, 3.05) is 11.9 Å². The predicted octanol–water partition coefficient (Wildman–Crippen LogP) is 2.52. The molecule has 2 aliphatic rings. The highest BCUT2D eigenvalue weighted by Gasteiger charge is 2.41. The number of nitrogens with one attached hydrogen (secondary N) is 1. The fourth-order valence-corrected chi connectivity index (χ4v) is 5.73. The van der Waals surface area contributed by atoms with Crippen molar-refractivity contribution in [1.29, 1.82) is 0 Å². The van der Waals surface area contributed by atoms with Crippen molar-refractivity contribution in [3.05, 3.63) is 46.0 Å². The number of carbonyl (C=O) groups excluding carboxylic acids is 1. The van der Waals surface area contributed by atoms with Gasteiger partial charge in [0.1, 0.15) is 0 Å². The Bertz CT molecular complexity index is 987. The van der Waals surface area contributed by atoms with Gasteiger partial charge in [-0.3, -0.25) is 10.1 Å². The van der Waals surface area contributed by atoms with Crippen LogP contribution in [0.3, 0.4) is 0 Å². The number of hydrogen-bond donors (Lipinski definition) is 1. The fraction of sp³-hybridized carbons (Fsp3) is 0.375. The molecule has 0 atom stereocenters. The number of benzene rings is 1. The Hall–Kier alpha value is -1.91. The van der Waals surface area contributed by atoms with E-state index in [1.807, 2.05) is 0 Å². The van der Waals surface area contributed by atoms with Gasteiger partial charge in [0, 0.05) is 30.0 Å². The number of carbonyl (C=O) groups is 1. The Kier molecular flexibility index (Phi) is 4.28. The number of anilines is 1. The van der Waals surface area contributed by atoms with Gasteiger partial charge in [0.05, 0.1) is 10.9 Å². The van der Waals surface area contributed by atoms with E-state index in [1.165, 1.54) is 21.7 Å². The third kappa shape index (κ3) is 3.24. The minimum absolute atomic E-state index is 0.0185. The second-order valence-electron chi connectivity index (χ2n) is 6.30. The molecule has 2 heterocycles. The number of thiazole rings is 1. The van der Waals surface area contributed by atoms with Gasteiger partial charge in [-0.2, -0.15) is 4.31 Å². The highest BCUT2D eigenvalue weighted by Crippen LogP contribution is 2.35. The topological polar surface area (TPSA) is 79.4 Å². The Morgan fingerprint density at radius 1 is 1.27 bits per heavy atom. The van der Waals surface area contributed by atoms with E-state index in [-0.39, 0.29) is 17.4 Å². The number of fused-ring (bicyclic) bond motifs is 1. The van der Waals surface area contributed by atoms with Crippen LogP contribution in [-0.4, -0.2) is 35.4 Å². The summed E-state index contributed by atoms with van der Waals surface area (Å²) in [6.07, 6.45) is 1.91. The maximum atomic E-state index is 13.3. The minimum atomic E-state index is -3.25. The van der Waals surface area contributed by atoms with Crippen LogP contribution in [0.5, 0.6) is 0 Å². The first kappa shape index (κ1) is 17.5. The van der Waals surface area contributed by atoms with Crippen molar-refractivity contribution < 1.29 is 22.0 Å². The number of sulfonamides is 1. The lowest BCUT2D eigenvalue weighted by molar-refractivity contribution is 0.102. The number of nitrogens with zero attached hydrogens (tertiary/aromatic N) is 2. The average molecular weight is 399 g/mol. The molecule has 10 heteroatoms. The van der Waals surface area contributed by atoms with Gasteiger partial charge in [0.2, 0.25) is 10.0 Å². The highest BCUT2D eigenvalue weighted by molar-refractivity contribution is 7.90. The lowest BCUT2D eigenvalue weighted by atomic mass is 10.2. The van der Waals surface area contributed by atoms with E-state index < -0.39 is 27.6 Å².